The number of unbranched alkanes of at least 4 members (excludes halogenated alkanes) is 1. The Kier molecular flexibility index (Phi) is 3.37. The molecule has 2 heterocycles. The van der Waals surface area contributed by atoms with Crippen molar-refractivity contribution < 1.29 is 5.11 Å². The number of phenols is 1. The maximum atomic E-state index is 9.42. The number of fused-ring (bicyclic) bond motifs is 1. The molecule has 0 amide bonds. The van der Waals surface area contributed by atoms with E-state index in [4.69, 9.17) is 0 Å². The van der Waals surface area contributed by atoms with Gasteiger partial charge in [-0.05, 0) is 42.7 Å². The van der Waals surface area contributed by atoms with Gasteiger partial charge in [0.15, 0.2) is 5.65 Å². The van der Waals surface area contributed by atoms with Crippen LogP contribution in [0.15, 0.2) is 36.7 Å². The molecule has 0 radical (unpaired) electrons. The lowest BCUT2D eigenvalue weighted by molar-refractivity contribution is 0.475. The fourth-order valence-corrected chi connectivity index (χ4v) is 2.43. The minimum absolute atomic E-state index is 0.274. The molecule has 0 fully saturated rings. The molecule has 1 aromatic carbocycles. The second-order valence-electron chi connectivity index (χ2n) is 4.88. The van der Waals surface area contributed by atoms with Gasteiger partial charge in [-0.1, -0.05) is 13.3 Å². The summed E-state index contributed by atoms with van der Waals surface area (Å²) in [5.74, 6) is 0.274. The van der Waals surface area contributed by atoms with Crippen LogP contribution in [0.1, 0.15) is 25.3 Å². The third-order valence-corrected chi connectivity index (χ3v) is 3.47. The van der Waals surface area contributed by atoms with Crippen LogP contribution in [0.2, 0.25) is 0 Å². The first-order chi connectivity index (χ1) is 9.79. The highest BCUT2D eigenvalue weighted by atomic mass is 16.3. The molecule has 3 aromatic rings. The van der Waals surface area contributed by atoms with E-state index in [9.17, 15) is 5.11 Å². The molecule has 0 bridgehead atoms. The van der Waals surface area contributed by atoms with Gasteiger partial charge in [0.25, 0.3) is 0 Å². The normalized spacial score (nSPS) is 11.1. The van der Waals surface area contributed by atoms with E-state index < -0.39 is 0 Å². The van der Waals surface area contributed by atoms with Crippen LogP contribution < -0.4 is 0 Å². The van der Waals surface area contributed by atoms with Gasteiger partial charge in [0.1, 0.15) is 11.3 Å². The number of H-pyrrole nitrogens is 1. The average Bonchev–Trinajstić information content (AvgIpc) is 2.84. The minimum atomic E-state index is 0.274. The van der Waals surface area contributed by atoms with Gasteiger partial charge < -0.3 is 10.1 Å². The smallest absolute Gasteiger partial charge is 0.156 e. The molecule has 0 aliphatic carbocycles. The SMILES string of the molecule is CCCCc1c(-c2ccc(O)cc2)[nH]c2nccnc12. The molecule has 0 unspecified atom stereocenters. The molecule has 2 N–H and O–H groups in total. The fourth-order valence-electron chi connectivity index (χ4n) is 2.43. The summed E-state index contributed by atoms with van der Waals surface area (Å²) < 4.78 is 0. The maximum Gasteiger partial charge on any atom is 0.156 e. The van der Waals surface area contributed by atoms with Crippen molar-refractivity contribution >= 4 is 11.2 Å². The Hall–Kier alpha value is -2.36. The number of rotatable bonds is 4. The second-order valence-corrected chi connectivity index (χ2v) is 4.88. The van der Waals surface area contributed by atoms with Crippen LogP contribution in [-0.2, 0) is 6.42 Å². The van der Waals surface area contributed by atoms with E-state index in [2.05, 4.69) is 21.9 Å². The van der Waals surface area contributed by atoms with Gasteiger partial charge >= 0.3 is 0 Å². The number of aryl methyl sites for hydroxylation is 1. The minimum Gasteiger partial charge on any atom is -0.508 e. The number of aromatic amines is 1. The summed E-state index contributed by atoms with van der Waals surface area (Å²) in [6.45, 7) is 2.18. The van der Waals surface area contributed by atoms with Crippen molar-refractivity contribution in [1.82, 2.24) is 15.0 Å². The number of aromatic nitrogens is 3. The van der Waals surface area contributed by atoms with Gasteiger partial charge in [-0.25, -0.2) is 4.98 Å². The van der Waals surface area contributed by atoms with Gasteiger partial charge in [0.2, 0.25) is 0 Å². The number of benzene rings is 1. The lowest BCUT2D eigenvalue weighted by atomic mass is 10.0. The Morgan fingerprint density at radius 1 is 1.10 bits per heavy atom. The number of hydrogen-bond acceptors (Lipinski definition) is 3. The molecule has 0 aliphatic heterocycles. The third kappa shape index (κ3) is 2.25. The van der Waals surface area contributed by atoms with E-state index in [0.717, 1.165) is 41.7 Å². The highest BCUT2D eigenvalue weighted by molar-refractivity contribution is 5.85. The van der Waals surface area contributed by atoms with Gasteiger partial charge in [0, 0.05) is 18.0 Å². The summed E-state index contributed by atoms with van der Waals surface area (Å²) in [6.07, 6.45) is 6.66. The number of hydrogen-bond donors (Lipinski definition) is 2. The van der Waals surface area contributed by atoms with E-state index in [0.29, 0.717) is 0 Å². The summed E-state index contributed by atoms with van der Waals surface area (Å²) >= 11 is 0. The predicted molar refractivity (Wildman–Crippen MR) is 79.6 cm³/mol. The zero-order valence-corrected chi connectivity index (χ0v) is 11.4. The molecule has 2 aromatic heterocycles. The highest BCUT2D eigenvalue weighted by Crippen LogP contribution is 2.30. The highest BCUT2D eigenvalue weighted by Gasteiger charge is 2.14. The molecule has 4 nitrogen and oxygen atoms in total. The quantitative estimate of drug-likeness (QED) is 0.758. The molecule has 102 valence electrons. The van der Waals surface area contributed by atoms with E-state index in [1.54, 1.807) is 24.5 Å². The monoisotopic (exact) mass is 267 g/mol. The van der Waals surface area contributed by atoms with Crippen molar-refractivity contribution in [3.63, 3.8) is 0 Å². The largest absolute Gasteiger partial charge is 0.508 e. The van der Waals surface area contributed by atoms with Crippen molar-refractivity contribution in [3.05, 3.63) is 42.2 Å². The number of nitrogens with zero attached hydrogens (tertiary/aromatic N) is 2. The first-order valence-corrected chi connectivity index (χ1v) is 6.90. The molecular weight excluding hydrogens is 250 g/mol. The Balaban J connectivity index is 2.15. The molecule has 0 aliphatic rings. The Bertz CT molecular complexity index is 716. The summed E-state index contributed by atoms with van der Waals surface area (Å²) in [6, 6.07) is 7.22. The second kappa shape index (κ2) is 5.33. The van der Waals surface area contributed by atoms with Gasteiger partial charge in [-0.2, -0.15) is 0 Å². The zero-order chi connectivity index (χ0) is 13.9. The Labute approximate surface area is 117 Å². The van der Waals surface area contributed by atoms with Gasteiger partial charge in [-0.3, -0.25) is 4.98 Å². The first-order valence-electron chi connectivity index (χ1n) is 6.90. The van der Waals surface area contributed by atoms with E-state index in [1.807, 2.05) is 12.1 Å². The summed E-state index contributed by atoms with van der Waals surface area (Å²) in [5, 5.41) is 9.42. The van der Waals surface area contributed by atoms with Crippen molar-refractivity contribution in [3.8, 4) is 17.0 Å². The zero-order valence-electron chi connectivity index (χ0n) is 11.4. The molecule has 20 heavy (non-hydrogen) atoms. The van der Waals surface area contributed by atoms with Crippen LogP contribution in [0.25, 0.3) is 22.4 Å². The lowest BCUT2D eigenvalue weighted by Crippen LogP contribution is -1.89. The van der Waals surface area contributed by atoms with Crippen molar-refractivity contribution in [2.24, 2.45) is 0 Å². The van der Waals surface area contributed by atoms with Crippen LogP contribution in [-0.4, -0.2) is 20.1 Å². The summed E-state index contributed by atoms with van der Waals surface area (Å²) in [5.41, 5.74) is 5.08. The fraction of sp³-hybridized carbons (Fsp3) is 0.250. The van der Waals surface area contributed by atoms with Gasteiger partial charge in [0.05, 0.1) is 5.69 Å². The number of aromatic hydroxyl groups is 1. The Morgan fingerprint density at radius 3 is 2.60 bits per heavy atom. The molecule has 3 rings (SSSR count). The van der Waals surface area contributed by atoms with Crippen molar-refractivity contribution in [2.45, 2.75) is 26.2 Å². The molecule has 0 atom stereocenters. The van der Waals surface area contributed by atoms with Crippen molar-refractivity contribution in [1.29, 1.82) is 0 Å². The maximum absolute atomic E-state index is 9.42. The standard InChI is InChI=1S/C16H17N3O/c1-2-3-4-13-14(11-5-7-12(20)8-6-11)19-16-15(13)17-9-10-18-16/h5-10,20H,2-4H2,1H3,(H,18,19). The van der Waals surface area contributed by atoms with Crippen LogP contribution in [0.3, 0.4) is 0 Å². The molecular formula is C16H17N3O. The van der Waals surface area contributed by atoms with Crippen molar-refractivity contribution in [2.75, 3.05) is 0 Å². The average molecular weight is 267 g/mol. The summed E-state index contributed by atoms with van der Waals surface area (Å²) in [7, 11) is 0. The summed E-state index contributed by atoms with van der Waals surface area (Å²) in [4.78, 5) is 12.2. The van der Waals surface area contributed by atoms with Crippen LogP contribution in [0.5, 0.6) is 5.75 Å². The van der Waals surface area contributed by atoms with Crippen LogP contribution >= 0.6 is 0 Å². The topological polar surface area (TPSA) is 61.8 Å². The van der Waals surface area contributed by atoms with Crippen LogP contribution in [0.4, 0.5) is 0 Å². The van der Waals surface area contributed by atoms with Crippen LogP contribution in [0, 0.1) is 0 Å². The molecule has 0 spiro atoms. The molecule has 0 saturated carbocycles. The lowest BCUT2D eigenvalue weighted by Gasteiger charge is -2.04. The van der Waals surface area contributed by atoms with E-state index in [1.165, 1.54) is 5.56 Å². The Morgan fingerprint density at radius 2 is 1.85 bits per heavy atom. The number of nitrogens with one attached hydrogen (secondary N) is 1. The molecule has 0 saturated heterocycles. The molecule has 4 heteroatoms. The third-order valence-electron chi connectivity index (χ3n) is 3.47. The first kappa shape index (κ1) is 12.7. The number of phenolic OH excluding ortho intramolecular Hbond substituents is 1. The van der Waals surface area contributed by atoms with E-state index >= 15 is 0 Å². The predicted octanol–water partition coefficient (Wildman–Crippen LogP) is 3.67. The van der Waals surface area contributed by atoms with E-state index in [-0.39, 0.29) is 5.75 Å². The van der Waals surface area contributed by atoms with Gasteiger partial charge in [-0.15, -0.1) is 0 Å².